The van der Waals surface area contributed by atoms with Crippen LogP contribution in [0.1, 0.15) is 35.7 Å². The highest BCUT2D eigenvalue weighted by molar-refractivity contribution is 5.95. The summed E-state index contributed by atoms with van der Waals surface area (Å²) < 4.78 is 0. The molecule has 1 saturated heterocycles. The maximum atomic E-state index is 12.6. The Morgan fingerprint density at radius 2 is 2.04 bits per heavy atom. The average molecular weight is 320 g/mol. The molecule has 1 aliphatic rings. The molecule has 5 nitrogen and oxygen atoms in total. The first-order chi connectivity index (χ1) is 11.7. The van der Waals surface area contributed by atoms with Crippen LogP contribution in [0.5, 0.6) is 0 Å². The molecular formula is C19H20N4O. The van der Waals surface area contributed by atoms with Gasteiger partial charge in [-0.1, -0.05) is 19.1 Å². The third-order valence-electron chi connectivity index (χ3n) is 4.38. The highest BCUT2D eigenvalue weighted by Gasteiger charge is 2.21. The van der Waals surface area contributed by atoms with Crippen LogP contribution in [0.4, 0.5) is 11.4 Å². The number of anilines is 2. The SMILES string of the molecule is CC1CCN(C(=O)c2cncc(Nc3ccccc3C#N)c2)CC1. The molecule has 122 valence electrons. The van der Waals surface area contributed by atoms with Crippen LogP contribution in [0.15, 0.2) is 42.7 Å². The molecule has 3 rings (SSSR count). The highest BCUT2D eigenvalue weighted by atomic mass is 16.2. The van der Waals surface area contributed by atoms with Crippen LogP contribution in [0.25, 0.3) is 0 Å². The van der Waals surface area contributed by atoms with Crippen molar-refractivity contribution in [3.63, 3.8) is 0 Å². The zero-order valence-corrected chi connectivity index (χ0v) is 13.7. The molecule has 1 aromatic heterocycles. The summed E-state index contributed by atoms with van der Waals surface area (Å²) in [5, 5.41) is 12.3. The molecule has 0 bridgehead atoms. The van der Waals surface area contributed by atoms with Crippen molar-refractivity contribution in [2.45, 2.75) is 19.8 Å². The number of rotatable bonds is 3. The third kappa shape index (κ3) is 3.54. The lowest BCUT2D eigenvalue weighted by Crippen LogP contribution is -2.37. The Bertz CT molecular complexity index is 773. The van der Waals surface area contributed by atoms with Gasteiger partial charge in [0.05, 0.1) is 28.7 Å². The van der Waals surface area contributed by atoms with Crippen molar-refractivity contribution < 1.29 is 4.79 Å². The van der Waals surface area contributed by atoms with Crippen molar-refractivity contribution >= 4 is 17.3 Å². The van der Waals surface area contributed by atoms with E-state index in [-0.39, 0.29) is 5.91 Å². The average Bonchev–Trinajstić information content (AvgIpc) is 2.62. The number of nitrogens with one attached hydrogen (secondary N) is 1. The number of carbonyl (C=O) groups is 1. The summed E-state index contributed by atoms with van der Waals surface area (Å²) in [6.45, 7) is 3.82. The number of aromatic nitrogens is 1. The molecule has 1 N–H and O–H groups in total. The fraction of sp³-hybridized carbons (Fsp3) is 0.316. The molecule has 1 aliphatic heterocycles. The number of hydrogen-bond donors (Lipinski definition) is 1. The van der Waals surface area contributed by atoms with E-state index in [0.29, 0.717) is 28.4 Å². The number of hydrogen-bond acceptors (Lipinski definition) is 4. The van der Waals surface area contributed by atoms with E-state index in [1.165, 1.54) is 0 Å². The number of para-hydroxylation sites is 1. The number of likely N-dealkylation sites (tertiary alicyclic amines) is 1. The normalized spacial score (nSPS) is 14.9. The predicted octanol–water partition coefficient (Wildman–Crippen LogP) is 3.57. The van der Waals surface area contributed by atoms with Gasteiger partial charge in [0.1, 0.15) is 6.07 Å². The van der Waals surface area contributed by atoms with Gasteiger partial charge in [-0.05, 0) is 37.0 Å². The Morgan fingerprint density at radius 1 is 1.29 bits per heavy atom. The summed E-state index contributed by atoms with van der Waals surface area (Å²) in [7, 11) is 0. The number of amides is 1. The number of carbonyl (C=O) groups excluding carboxylic acids is 1. The van der Waals surface area contributed by atoms with E-state index >= 15 is 0 Å². The van der Waals surface area contributed by atoms with Crippen LogP contribution in [0.2, 0.25) is 0 Å². The first-order valence-electron chi connectivity index (χ1n) is 8.18. The van der Waals surface area contributed by atoms with Gasteiger partial charge in [-0.3, -0.25) is 9.78 Å². The summed E-state index contributed by atoms with van der Waals surface area (Å²) in [6, 6.07) is 11.2. The van der Waals surface area contributed by atoms with Crippen LogP contribution in [0.3, 0.4) is 0 Å². The summed E-state index contributed by atoms with van der Waals surface area (Å²) in [6.07, 6.45) is 5.35. The van der Waals surface area contributed by atoms with Crippen molar-refractivity contribution in [3.05, 3.63) is 53.9 Å². The quantitative estimate of drug-likeness (QED) is 0.938. The fourth-order valence-corrected chi connectivity index (χ4v) is 2.86. The van der Waals surface area contributed by atoms with Crippen molar-refractivity contribution in [2.75, 3.05) is 18.4 Å². The lowest BCUT2D eigenvalue weighted by Gasteiger charge is -2.30. The van der Waals surface area contributed by atoms with Crippen molar-refractivity contribution in [2.24, 2.45) is 5.92 Å². The summed E-state index contributed by atoms with van der Waals surface area (Å²) in [4.78, 5) is 18.7. The minimum absolute atomic E-state index is 0.0200. The van der Waals surface area contributed by atoms with Crippen LogP contribution < -0.4 is 5.32 Å². The van der Waals surface area contributed by atoms with Gasteiger partial charge in [0.15, 0.2) is 0 Å². The molecule has 0 spiro atoms. The van der Waals surface area contributed by atoms with E-state index in [2.05, 4.69) is 23.3 Å². The largest absolute Gasteiger partial charge is 0.353 e. The van der Waals surface area contributed by atoms with E-state index < -0.39 is 0 Å². The minimum atomic E-state index is 0.0200. The second-order valence-electron chi connectivity index (χ2n) is 6.22. The van der Waals surface area contributed by atoms with Crippen LogP contribution >= 0.6 is 0 Å². The summed E-state index contributed by atoms with van der Waals surface area (Å²) in [5.74, 6) is 0.703. The van der Waals surface area contributed by atoms with Gasteiger partial charge in [0.25, 0.3) is 5.91 Å². The molecule has 5 heteroatoms. The Labute approximate surface area is 141 Å². The van der Waals surface area contributed by atoms with Gasteiger partial charge in [-0.2, -0.15) is 5.26 Å². The lowest BCUT2D eigenvalue weighted by molar-refractivity contribution is 0.0697. The third-order valence-corrected chi connectivity index (χ3v) is 4.38. The molecule has 2 aromatic rings. The van der Waals surface area contributed by atoms with Crippen LogP contribution in [-0.2, 0) is 0 Å². The standard InChI is InChI=1S/C19H20N4O/c1-14-6-8-23(9-7-14)19(24)16-10-17(13-21-12-16)22-18-5-3-2-4-15(18)11-20/h2-5,10,12-14,22H,6-9H2,1H3. The molecule has 0 atom stereocenters. The molecule has 1 aromatic carbocycles. The number of nitriles is 1. The predicted molar refractivity (Wildman–Crippen MR) is 93.0 cm³/mol. The van der Waals surface area contributed by atoms with Gasteiger partial charge < -0.3 is 10.2 Å². The number of benzene rings is 1. The van der Waals surface area contributed by atoms with Crippen molar-refractivity contribution in [1.29, 1.82) is 5.26 Å². The molecule has 1 amide bonds. The molecule has 0 unspecified atom stereocenters. The van der Waals surface area contributed by atoms with Gasteiger partial charge in [0.2, 0.25) is 0 Å². The van der Waals surface area contributed by atoms with Crippen LogP contribution in [0, 0.1) is 17.2 Å². The zero-order valence-electron chi connectivity index (χ0n) is 13.7. The molecule has 0 aliphatic carbocycles. The van der Waals surface area contributed by atoms with Gasteiger partial charge in [0, 0.05) is 19.3 Å². The van der Waals surface area contributed by atoms with E-state index in [1.54, 1.807) is 24.5 Å². The van der Waals surface area contributed by atoms with E-state index in [0.717, 1.165) is 25.9 Å². The Balaban J connectivity index is 1.77. The molecule has 0 radical (unpaired) electrons. The second-order valence-corrected chi connectivity index (χ2v) is 6.22. The minimum Gasteiger partial charge on any atom is -0.353 e. The van der Waals surface area contributed by atoms with E-state index in [9.17, 15) is 4.79 Å². The van der Waals surface area contributed by atoms with Gasteiger partial charge in [-0.15, -0.1) is 0 Å². The molecule has 0 saturated carbocycles. The molecule has 2 heterocycles. The number of pyridine rings is 1. The zero-order chi connectivity index (χ0) is 16.9. The van der Waals surface area contributed by atoms with Crippen molar-refractivity contribution in [3.8, 4) is 6.07 Å². The maximum Gasteiger partial charge on any atom is 0.255 e. The Kier molecular flexibility index (Phi) is 4.76. The van der Waals surface area contributed by atoms with E-state index in [4.69, 9.17) is 5.26 Å². The van der Waals surface area contributed by atoms with Gasteiger partial charge in [-0.25, -0.2) is 0 Å². The lowest BCUT2D eigenvalue weighted by atomic mass is 9.99. The molecule has 24 heavy (non-hydrogen) atoms. The highest BCUT2D eigenvalue weighted by Crippen LogP contribution is 2.22. The van der Waals surface area contributed by atoms with E-state index in [1.807, 2.05) is 23.1 Å². The smallest absolute Gasteiger partial charge is 0.255 e. The maximum absolute atomic E-state index is 12.6. The van der Waals surface area contributed by atoms with Crippen LogP contribution in [-0.4, -0.2) is 28.9 Å². The van der Waals surface area contributed by atoms with Crippen molar-refractivity contribution in [1.82, 2.24) is 9.88 Å². The molecule has 1 fully saturated rings. The topological polar surface area (TPSA) is 69.0 Å². The fourth-order valence-electron chi connectivity index (χ4n) is 2.86. The first kappa shape index (κ1) is 16.0. The van der Waals surface area contributed by atoms with Gasteiger partial charge >= 0.3 is 0 Å². The Morgan fingerprint density at radius 3 is 2.79 bits per heavy atom. The number of piperidine rings is 1. The first-order valence-corrected chi connectivity index (χ1v) is 8.18. The summed E-state index contributed by atoms with van der Waals surface area (Å²) in [5.41, 5.74) is 2.54. The Hall–Kier alpha value is -2.87. The number of nitrogens with zero attached hydrogens (tertiary/aromatic N) is 3. The monoisotopic (exact) mass is 320 g/mol. The summed E-state index contributed by atoms with van der Waals surface area (Å²) >= 11 is 0. The molecular weight excluding hydrogens is 300 g/mol. The second kappa shape index (κ2) is 7.14.